The Hall–Kier alpha value is -2.43. The average Bonchev–Trinajstić information content (AvgIpc) is 2.47. The molecule has 0 aliphatic heterocycles. The molecule has 0 heterocycles. The van der Waals surface area contributed by atoms with E-state index < -0.39 is 23.6 Å². The molecule has 1 unspecified atom stereocenters. The van der Waals surface area contributed by atoms with Crippen LogP contribution in [0.1, 0.15) is 17.2 Å². The van der Waals surface area contributed by atoms with Gasteiger partial charge in [-0.25, -0.2) is 13.6 Å². The lowest BCUT2D eigenvalue weighted by atomic mass is 10.0. The fourth-order valence-corrected chi connectivity index (χ4v) is 1.97. The highest BCUT2D eigenvalue weighted by Crippen LogP contribution is 2.26. The Balaban J connectivity index is 2.39. The molecule has 3 nitrogen and oxygen atoms in total. The van der Waals surface area contributed by atoms with Crippen molar-refractivity contribution in [1.29, 1.82) is 0 Å². The zero-order valence-electron chi connectivity index (χ0n) is 11.7. The number of hydrogen-bond acceptors (Lipinski definition) is 3. The lowest BCUT2D eigenvalue weighted by molar-refractivity contribution is -0.141. The van der Waals surface area contributed by atoms with Crippen LogP contribution in [0.3, 0.4) is 0 Å². The van der Waals surface area contributed by atoms with E-state index in [1.807, 2.05) is 19.1 Å². The van der Waals surface area contributed by atoms with E-state index >= 15 is 0 Å². The van der Waals surface area contributed by atoms with Crippen LogP contribution in [0, 0.1) is 18.6 Å². The second-order valence-corrected chi connectivity index (χ2v) is 4.60. The summed E-state index contributed by atoms with van der Waals surface area (Å²) < 4.78 is 32.4. The molecule has 2 rings (SSSR count). The Kier molecular flexibility index (Phi) is 4.52. The minimum Gasteiger partial charge on any atom is -0.467 e. The van der Waals surface area contributed by atoms with Gasteiger partial charge in [-0.05, 0) is 31.2 Å². The largest absolute Gasteiger partial charge is 0.467 e. The quantitative estimate of drug-likeness (QED) is 0.875. The van der Waals surface area contributed by atoms with Crippen molar-refractivity contribution in [1.82, 2.24) is 0 Å². The van der Waals surface area contributed by atoms with Gasteiger partial charge in [0.2, 0.25) is 0 Å². The van der Waals surface area contributed by atoms with Crippen molar-refractivity contribution >= 4 is 11.7 Å². The summed E-state index contributed by atoms with van der Waals surface area (Å²) in [4.78, 5) is 11.9. The second-order valence-electron chi connectivity index (χ2n) is 4.60. The molecule has 0 aliphatic rings. The molecule has 0 radical (unpaired) electrons. The van der Waals surface area contributed by atoms with Crippen molar-refractivity contribution in [3.63, 3.8) is 0 Å². The maximum atomic E-state index is 13.9. The molecular formula is C16H15F2NO2. The lowest BCUT2D eigenvalue weighted by Gasteiger charge is -2.19. The van der Waals surface area contributed by atoms with Crippen molar-refractivity contribution in [3.05, 3.63) is 65.2 Å². The Morgan fingerprint density at radius 2 is 1.67 bits per heavy atom. The number of halogens is 2. The van der Waals surface area contributed by atoms with Gasteiger partial charge in [0.25, 0.3) is 0 Å². The van der Waals surface area contributed by atoms with Gasteiger partial charge in [-0.3, -0.25) is 0 Å². The van der Waals surface area contributed by atoms with Crippen molar-refractivity contribution in [2.24, 2.45) is 0 Å². The summed E-state index contributed by atoms with van der Waals surface area (Å²) >= 11 is 0. The molecule has 2 aromatic carbocycles. The number of hydrogen-bond donors (Lipinski definition) is 1. The van der Waals surface area contributed by atoms with Crippen LogP contribution in [0.2, 0.25) is 0 Å². The van der Waals surface area contributed by atoms with E-state index in [0.29, 0.717) is 5.69 Å². The summed E-state index contributed by atoms with van der Waals surface area (Å²) in [5.74, 6) is -2.37. The van der Waals surface area contributed by atoms with Crippen LogP contribution >= 0.6 is 0 Å². The number of aryl methyl sites for hydroxylation is 1. The maximum absolute atomic E-state index is 13.9. The first kappa shape index (κ1) is 15.0. The van der Waals surface area contributed by atoms with Crippen LogP contribution < -0.4 is 5.32 Å². The molecule has 0 saturated carbocycles. The number of carbonyl (C=O) groups excluding carboxylic acids is 1. The van der Waals surface area contributed by atoms with Gasteiger partial charge < -0.3 is 10.1 Å². The monoisotopic (exact) mass is 291 g/mol. The van der Waals surface area contributed by atoms with Gasteiger partial charge in [-0.2, -0.15) is 0 Å². The van der Waals surface area contributed by atoms with Gasteiger partial charge >= 0.3 is 5.97 Å². The van der Waals surface area contributed by atoms with Crippen LogP contribution in [-0.2, 0) is 9.53 Å². The van der Waals surface area contributed by atoms with E-state index in [1.165, 1.54) is 13.2 Å². The molecular weight excluding hydrogens is 276 g/mol. The van der Waals surface area contributed by atoms with E-state index in [9.17, 15) is 13.6 Å². The minimum absolute atomic E-state index is 0.357. The first-order chi connectivity index (χ1) is 10.0. The molecule has 0 aliphatic carbocycles. The van der Waals surface area contributed by atoms with Crippen molar-refractivity contribution in [2.45, 2.75) is 13.0 Å². The molecule has 110 valence electrons. The lowest BCUT2D eigenvalue weighted by Crippen LogP contribution is -2.24. The fourth-order valence-electron chi connectivity index (χ4n) is 1.97. The van der Waals surface area contributed by atoms with E-state index in [1.54, 1.807) is 12.1 Å². The molecule has 0 spiro atoms. The van der Waals surface area contributed by atoms with Gasteiger partial charge in [-0.1, -0.05) is 23.8 Å². The van der Waals surface area contributed by atoms with Crippen LogP contribution in [0.15, 0.2) is 42.5 Å². The van der Waals surface area contributed by atoms with Gasteiger partial charge in [-0.15, -0.1) is 0 Å². The zero-order chi connectivity index (χ0) is 15.4. The standard InChI is InChI=1S/C16H15F2NO2/c1-10-6-8-11(9-7-10)19-15(16(20)21-2)14-12(17)4-3-5-13(14)18/h3-9,15,19H,1-2H3. The molecule has 1 N–H and O–H groups in total. The van der Waals surface area contributed by atoms with Crippen LogP contribution in [-0.4, -0.2) is 13.1 Å². The number of rotatable bonds is 4. The molecule has 0 saturated heterocycles. The minimum atomic E-state index is -1.25. The third-order valence-electron chi connectivity index (χ3n) is 3.09. The third kappa shape index (κ3) is 3.37. The Morgan fingerprint density at radius 1 is 1.10 bits per heavy atom. The first-order valence-corrected chi connectivity index (χ1v) is 6.38. The van der Waals surface area contributed by atoms with Crippen LogP contribution in [0.25, 0.3) is 0 Å². The number of carbonyl (C=O) groups is 1. The van der Waals surface area contributed by atoms with E-state index in [-0.39, 0.29) is 5.56 Å². The van der Waals surface area contributed by atoms with Crippen molar-refractivity contribution < 1.29 is 18.3 Å². The predicted molar refractivity (Wildman–Crippen MR) is 75.9 cm³/mol. The van der Waals surface area contributed by atoms with Crippen molar-refractivity contribution in [2.75, 3.05) is 12.4 Å². The fraction of sp³-hybridized carbons (Fsp3) is 0.188. The van der Waals surface area contributed by atoms with Gasteiger partial charge in [0.15, 0.2) is 6.04 Å². The highest BCUT2D eigenvalue weighted by Gasteiger charge is 2.27. The third-order valence-corrected chi connectivity index (χ3v) is 3.09. The Bertz CT molecular complexity index is 621. The van der Waals surface area contributed by atoms with Gasteiger partial charge in [0.1, 0.15) is 11.6 Å². The predicted octanol–water partition coefficient (Wildman–Crippen LogP) is 3.60. The summed E-state index contributed by atoms with van der Waals surface area (Å²) in [7, 11) is 1.17. The first-order valence-electron chi connectivity index (χ1n) is 6.38. The number of ether oxygens (including phenoxy) is 1. The van der Waals surface area contributed by atoms with Crippen LogP contribution in [0.5, 0.6) is 0 Å². The van der Waals surface area contributed by atoms with Gasteiger partial charge in [0, 0.05) is 5.69 Å². The molecule has 1 atom stereocenters. The highest BCUT2D eigenvalue weighted by molar-refractivity contribution is 5.81. The van der Waals surface area contributed by atoms with Crippen LogP contribution in [0.4, 0.5) is 14.5 Å². The SMILES string of the molecule is COC(=O)C(Nc1ccc(C)cc1)c1c(F)cccc1F. The van der Waals surface area contributed by atoms with Crippen molar-refractivity contribution in [3.8, 4) is 0 Å². The molecule has 0 bridgehead atoms. The molecule has 2 aromatic rings. The molecule has 21 heavy (non-hydrogen) atoms. The topological polar surface area (TPSA) is 38.3 Å². The number of methoxy groups -OCH3 is 1. The van der Waals surface area contributed by atoms with E-state index in [2.05, 4.69) is 10.1 Å². The zero-order valence-corrected chi connectivity index (χ0v) is 11.7. The van der Waals surface area contributed by atoms with Gasteiger partial charge in [0.05, 0.1) is 12.7 Å². The molecule has 0 aromatic heterocycles. The van der Waals surface area contributed by atoms with E-state index in [4.69, 9.17) is 0 Å². The second kappa shape index (κ2) is 6.35. The highest BCUT2D eigenvalue weighted by atomic mass is 19.1. The molecule has 0 amide bonds. The van der Waals surface area contributed by atoms with E-state index in [0.717, 1.165) is 17.7 Å². The summed E-state index contributed by atoms with van der Waals surface area (Å²) in [6.45, 7) is 1.91. The number of benzene rings is 2. The molecule has 5 heteroatoms. The molecule has 0 fully saturated rings. The summed E-state index contributed by atoms with van der Waals surface area (Å²) in [6.07, 6.45) is 0. The summed E-state index contributed by atoms with van der Waals surface area (Å²) in [5.41, 5.74) is 1.25. The maximum Gasteiger partial charge on any atom is 0.333 e. The number of esters is 1. The smallest absolute Gasteiger partial charge is 0.333 e. The normalized spacial score (nSPS) is 11.8. The average molecular weight is 291 g/mol. The number of nitrogens with one attached hydrogen (secondary N) is 1. The Morgan fingerprint density at radius 3 is 2.19 bits per heavy atom. The number of anilines is 1. The summed E-state index contributed by atoms with van der Waals surface area (Å²) in [6, 6.07) is 9.31. The Labute approximate surface area is 121 Å². The summed E-state index contributed by atoms with van der Waals surface area (Å²) in [5, 5.41) is 2.80.